The zero-order chi connectivity index (χ0) is 21.4. The van der Waals surface area contributed by atoms with Gasteiger partial charge in [-0.25, -0.2) is 5.06 Å². The minimum atomic E-state index is -5.14. The van der Waals surface area contributed by atoms with E-state index in [1.807, 2.05) is 0 Å². The van der Waals surface area contributed by atoms with Crippen LogP contribution in [0.25, 0.3) is 0 Å². The molecule has 0 aromatic heterocycles. The second kappa shape index (κ2) is 7.39. The summed E-state index contributed by atoms with van der Waals surface area (Å²) in [7, 11) is 0. The van der Waals surface area contributed by atoms with Gasteiger partial charge < -0.3 is 0 Å². The first-order valence-corrected chi connectivity index (χ1v) is 7.77. The van der Waals surface area contributed by atoms with Gasteiger partial charge in [0.15, 0.2) is 0 Å². The molecular formula is C15H7BrF6N2O4. The standard InChI is InChI=1S/C15H7BrF6N2O4/c16-12-5-11(24(27)28)1-7(13(12)25)6-23(26)10-3-8(14(17,18)19)2-9(4-10)15(20,21)22/h1-6,26H/b7-6-. The highest BCUT2D eigenvalue weighted by Crippen LogP contribution is 2.38. The fourth-order valence-corrected chi connectivity index (χ4v) is 2.54. The van der Waals surface area contributed by atoms with E-state index in [0.717, 1.165) is 6.08 Å². The highest BCUT2D eigenvalue weighted by molar-refractivity contribution is 9.12. The van der Waals surface area contributed by atoms with Gasteiger partial charge in [-0.15, -0.1) is 0 Å². The zero-order valence-electron chi connectivity index (χ0n) is 13.2. The summed E-state index contributed by atoms with van der Waals surface area (Å²) >= 11 is 2.75. The van der Waals surface area contributed by atoms with Crippen LogP contribution >= 0.6 is 15.9 Å². The lowest BCUT2D eigenvalue weighted by Gasteiger charge is -2.19. The van der Waals surface area contributed by atoms with Crippen LogP contribution in [0.15, 0.2) is 52.3 Å². The molecule has 1 aromatic carbocycles. The Labute approximate surface area is 160 Å². The Morgan fingerprint density at radius 3 is 1.96 bits per heavy atom. The number of nitro groups is 1. The van der Waals surface area contributed by atoms with Gasteiger partial charge in [-0.3, -0.25) is 20.1 Å². The maximum atomic E-state index is 12.9. The Hall–Kier alpha value is -2.67. The van der Waals surface area contributed by atoms with Crippen LogP contribution in [0.2, 0.25) is 0 Å². The third-order valence-corrected chi connectivity index (χ3v) is 3.96. The fourth-order valence-electron chi connectivity index (χ4n) is 2.08. The van der Waals surface area contributed by atoms with Crippen LogP contribution in [0, 0.1) is 10.1 Å². The summed E-state index contributed by atoms with van der Waals surface area (Å²) in [4.78, 5) is 21.9. The molecule has 0 atom stereocenters. The molecular weight excluding hydrogens is 466 g/mol. The average Bonchev–Trinajstić information content (AvgIpc) is 2.56. The molecule has 1 aromatic rings. The number of nitrogens with zero attached hydrogens (tertiary/aromatic N) is 2. The number of allylic oxidation sites excluding steroid dienone is 4. The SMILES string of the molecule is O=C1C(Br)=CC([N+](=O)[O-])=C/C1=C/N(O)c1cc(C(F)(F)F)cc(C(F)(F)F)c1. The molecule has 0 heterocycles. The Kier molecular flexibility index (Phi) is 5.71. The molecule has 1 aliphatic rings. The monoisotopic (exact) mass is 472 g/mol. The predicted molar refractivity (Wildman–Crippen MR) is 85.9 cm³/mol. The molecule has 28 heavy (non-hydrogen) atoms. The molecule has 0 saturated heterocycles. The molecule has 0 unspecified atom stereocenters. The second-order valence-corrected chi connectivity index (χ2v) is 6.20. The van der Waals surface area contributed by atoms with E-state index in [4.69, 9.17) is 0 Å². The summed E-state index contributed by atoms with van der Waals surface area (Å²) in [6.07, 6.45) is -8.26. The van der Waals surface area contributed by atoms with Crippen LogP contribution in [-0.2, 0) is 17.1 Å². The Bertz CT molecular complexity index is 901. The normalized spacial score (nSPS) is 16.7. The van der Waals surface area contributed by atoms with E-state index in [1.54, 1.807) is 0 Å². The van der Waals surface area contributed by atoms with Gasteiger partial charge in [-0.05, 0) is 34.1 Å². The van der Waals surface area contributed by atoms with Crippen LogP contribution in [0.3, 0.4) is 0 Å². The minimum Gasteiger partial charge on any atom is -0.288 e. The third kappa shape index (κ3) is 4.78. The van der Waals surface area contributed by atoms with Crippen molar-refractivity contribution < 1.29 is 41.3 Å². The third-order valence-electron chi connectivity index (χ3n) is 3.37. The molecule has 0 bridgehead atoms. The molecule has 0 radical (unpaired) electrons. The van der Waals surface area contributed by atoms with E-state index < -0.39 is 51.1 Å². The number of rotatable bonds is 3. The van der Waals surface area contributed by atoms with Gasteiger partial charge in [0.25, 0.3) is 5.70 Å². The first-order chi connectivity index (χ1) is 12.7. The van der Waals surface area contributed by atoms with Crippen molar-refractivity contribution in [1.29, 1.82) is 0 Å². The fraction of sp³-hybridized carbons (Fsp3) is 0.133. The Morgan fingerprint density at radius 1 is 1.04 bits per heavy atom. The largest absolute Gasteiger partial charge is 0.416 e. The van der Waals surface area contributed by atoms with Crippen molar-refractivity contribution in [3.8, 4) is 0 Å². The zero-order valence-corrected chi connectivity index (χ0v) is 14.8. The Balaban J connectivity index is 2.55. The highest BCUT2D eigenvalue weighted by atomic mass is 79.9. The van der Waals surface area contributed by atoms with Gasteiger partial charge in [-0.2, -0.15) is 26.3 Å². The number of hydrogen-bond acceptors (Lipinski definition) is 5. The van der Waals surface area contributed by atoms with Crippen molar-refractivity contribution in [1.82, 2.24) is 0 Å². The van der Waals surface area contributed by atoms with Crippen molar-refractivity contribution in [3.05, 3.63) is 73.5 Å². The predicted octanol–water partition coefficient (Wildman–Crippen LogP) is 4.83. The maximum absolute atomic E-state index is 12.9. The molecule has 6 nitrogen and oxygen atoms in total. The highest BCUT2D eigenvalue weighted by Gasteiger charge is 2.37. The van der Waals surface area contributed by atoms with Crippen LogP contribution in [-0.4, -0.2) is 15.9 Å². The molecule has 0 amide bonds. The first-order valence-electron chi connectivity index (χ1n) is 6.97. The lowest BCUT2D eigenvalue weighted by atomic mass is 10.0. The molecule has 13 heteroatoms. The number of benzene rings is 1. The van der Waals surface area contributed by atoms with E-state index in [2.05, 4.69) is 15.9 Å². The van der Waals surface area contributed by atoms with Crippen LogP contribution in [0.4, 0.5) is 32.0 Å². The molecule has 150 valence electrons. The summed E-state index contributed by atoms with van der Waals surface area (Å²) in [5, 5.41) is 20.6. The lowest BCUT2D eigenvalue weighted by molar-refractivity contribution is -0.419. The van der Waals surface area contributed by atoms with Gasteiger partial charge in [0.2, 0.25) is 5.78 Å². The van der Waals surface area contributed by atoms with Crippen molar-refractivity contribution in [2.24, 2.45) is 0 Å². The Morgan fingerprint density at radius 2 is 1.54 bits per heavy atom. The van der Waals surface area contributed by atoms with Crippen molar-refractivity contribution in [2.75, 3.05) is 5.06 Å². The summed E-state index contributed by atoms with van der Waals surface area (Å²) in [6.45, 7) is 0. The first kappa shape index (κ1) is 21.6. The molecule has 0 spiro atoms. The van der Waals surface area contributed by atoms with E-state index in [9.17, 15) is 46.5 Å². The number of hydroxylamine groups is 1. The molecule has 1 N–H and O–H groups in total. The topological polar surface area (TPSA) is 83.7 Å². The molecule has 0 fully saturated rings. The van der Waals surface area contributed by atoms with E-state index in [-0.39, 0.29) is 27.7 Å². The van der Waals surface area contributed by atoms with Crippen molar-refractivity contribution >= 4 is 27.4 Å². The molecule has 0 saturated carbocycles. The maximum Gasteiger partial charge on any atom is 0.416 e. The summed E-state index contributed by atoms with van der Waals surface area (Å²) in [5.41, 5.74) is -5.47. The lowest BCUT2D eigenvalue weighted by Crippen LogP contribution is -2.18. The number of anilines is 1. The van der Waals surface area contributed by atoms with Gasteiger partial charge in [0.1, 0.15) is 0 Å². The van der Waals surface area contributed by atoms with Gasteiger partial charge >= 0.3 is 12.4 Å². The number of alkyl halides is 6. The van der Waals surface area contributed by atoms with E-state index in [1.165, 1.54) is 0 Å². The molecule has 0 aliphatic heterocycles. The number of carbonyl (C=O) groups is 1. The summed E-state index contributed by atoms with van der Waals surface area (Å²) < 4.78 is 77.0. The number of Topliss-reactive ketones (excluding diaryl/α,β-unsaturated/α-hetero) is 1. The van der Waals surface area contributed by atoms with Gasteiger partial charge in [-0.1, -0.05) is 0 Å². The van der Waals surface area contributed by atoms with Crippen LogP contribution in [0.1, 0.15) is 11.1 Å². The van der Waals surface area contributed by atoms with Crippen LogP contribution < -0.4 is 5.06 Å². The number of carbonyl (C=O) groups excluding carboxylic acids is 1. The van der Waals surface area contributed by atoms with E-state index >= 15 is 0 Å². The van der Waals surface area contributed by atoms with Crippen molar-refractivity contribution in [2.45, 2.75) is 12.4 Å². The number of hydrogen-bond donors (Lipinski definition) is 1. The minimum absolute atomic E-state index is 0.139. The van der Waals surface area contributed by atoms with Crippen molar-refractivity contribution in [3.63, 3.8) is 0 Å². The van der Waals surface area contributed by atoms with Crippen LogP contribution in [0.5, 0.6) is 0 Å². The average molecular weight is 473 g/mol. The summed E-state index contributed by atoms with van der Waals surface area (Å²) in [6, 6.07) is 0.311. The smallest absolute Gasteiger partial charge is 0.288 e. The second-order valence-electron chi connectivity index (χ2n) is 5.34. The van der Waals surface area contributed by atoms with E-state index in [0.29, 0.717) is 12.3 Å². The summed E-state index contributed by atoms with van der Waals surface area (Å²) in [5.74, 6) is -0.882. The van der Waals surface area contributed by atoms with Gasteiger partial charge in [0, 0.05) is 23.9 Å². The quantitative estimate of drug-likeness (QED) is 0.295. The number of ketones is 1. The molecule has 1 aliphatic carbocycles. The number of halogens is 7. The van der Waals surface area contributed by atoms with Gasteiger partial charge in [0.05, 0.1) is 26.2 Å². The molecule has 2 rings (SSSR count).